The maximum Gasteiger partial charge on any atom is 0.255 e. The third kappa shape index (κ3) is 4.46. The van der Waals surface area contributed by atoms with E-state index in [-0.39, 0.29) is 11.9 Å². The number of aromatic nitrogens is 3. The van der Waals surface area contributed by atoms with Gasteiger partial charge in [0, 0.05) is 30.2 Å². The molecule has 6 rings (SSSR count). The summed E-state index contributed by atoms with van der Waals surface area (Å²) < 4.78 is 0. The number of amides is 1. The number of nitrogens with zero attached hydrogens (tertiary/aromatic N) is 4. The first kappa shape index (κ1) is 21.1. The molecule has 2 aliphatic carbocycles. The molecule has 1 amide bonds. The molecule has 0 aliphatic heterocycles. The Hall–Kier alpha value is -3.51. The second kappa shape index (κ2) is 8.69. The minimum Gasteiger partial charge on any atom is -0.367 e. The van der Waals surface area contributed by atoms with Crippen molar-refractivity contribution in [2.75, 3.05) is 5.32 Å². The van der Waals surface area contributed by atoms with E-state index in [9.17, 15) is 4.79 Å². The molecule has 2 heterocycles. The number of halogens is 1. The lowest BCUT2D eigenvalue weighted by Crippen LogP contribution is -2.32. The zero-order valence-electron chi connectivity index (χ0n) is 18.6. The van der Waals surface area contributed by atoms with Crippen LogP contribution in [-0.4, -0.2) is 37.8 Å². The molecule has 2 aromatic heterocycles. The van der Waals surface area contributed by atoms with Crippen LogP contribution < -0.4 is 5.32 Å². The first-order valence-electron chi connectivity index (χ1n) is 11.7. The predicted octanol–water partition coefficient (Wildman–Crippen LogP) is 5.72. The lowest BCUT2D eigenvalue weighted by Gasteiger charge is -2.23. The fourth-order valence-electron chi connectivity index (χ4n) is 4.24. The van der Waals surface area contributed by atoms with Gasteiger partial charge in [0.25, 0.3) is 5.91 Å². The number of nitrogens with one attached hydrogen (secondary N) is 1. The van der Waals surface area contributed by atoms with Crippen LogP contribution in [0.1, 0.15) is 41.6 Å². The van der Waals surface area contributed by atoms with Crippen LogP contribution in [0.2, 0.25) is 5.15 Å². The summed E-state index contributed by atoms with van der Waals surface area (Å²) in [6, 6.07) is 18.9. The van der Waals surface area contributed by atoms with Crippen LogP contribution in [0.25, 0.3) is 22.0 Å². The number of carbonyl (C=O) groups is 1. The Bertz CT molecular complexity index is 1370. The first-order chi connectivity index (χ1) is 16.6. The highest BCUT2D eigenvalue weighted by Gasteiger charge is 2.33. The van der Waals surface area contributed by atoms with Crippen LogP contribution >= 0.6 is 11.6 Å². The second-order valence-electron chi connectivity index (χ2n) is 9.11. The SMILES string of the molecule is O=C(c1ccc(Cl)nc1)N(Cc1cccc(-c2ccc3ncnc(NC4CC4)c3c2)c1)C1CC1. The molecule has 34 heavy (non-hydrogen) atoms. The predicted molar refractivity (Wildman–Crippen MR) is 134 cm³/mol. The fraction of sp³-hybridized carbons (Fsp3) is 0.259. The van der Waals surface area contributed by atoms with Crippen molar-refractivity contribution in [1.29, 1.82) is 0 Å². The molecule has 2 fully saturated rings. The lowest BCUT2D eigenvalue weighted by molar-refractivity contribution is 0.0729. The molecule has 2 saturated carbocycles. The summed E-state index contributed by atoms with van der Waals surface area (Å²) in [5, 5.41) is 4.93. The van der Waals surface area contributed by atoms with Gasteiger partial charge < -0.3 is 10.2 Å². The van der Waals surface area contributed by atoms with Gasteiger partial charge in [-0.1, -0.05) is 35.9 Å². The van der Waals surface area contributed by atoms with Crippen molar-refractivity contribution in [2.45, 2.75) is 44.3 Å². The fourth-order valence-corrected chi connectivity index (χ4v) is 4.35. The Morgan fingerprint density at radius 3 is 2.59 bits per heavy atom. The maximum atomic E-state index is 13.2. The summed E-state index contributed by atoms with van der Waals surface area (Å²) in [6.45, 7) is 0.561. The topological polar surface area (TPSA) is 71.0 Å². The van der Waals surface area contributed by atoms with Gasteiger partial charge in [-0.25, -0.2) is 15.0 Å². The number of hydrogen-bond acceptors (Lipinski definition) is 5. The molecule has 0 atom stereocenters. The summed E-state index contributed by atoms with van der Waals surface area (Å²) >= 11 is 5.90. The maximum absolute atomic E-state index is 13.2. The van der Waals surface area contributed by atoms with Gasteiger partial charge in [0.15, 0.2) is 0 Å². The van der Waals surface area contributed by atoms with E-state index in [1.54, 1.807) is 24.7 Å². The van der Waals surface area contributed by atoms with Crippen LogP contribution in [0.5, 0.6) is 0 Å². The van der Waals surface area contributed by atoms with Crippen molar-refractivity contribution in [1.82, 2.24) is 19.9 Å². The van der Waals surface area contributed by atoms with Gasteiger partial charge in [0.05, 0.1) is 11.1 Å². The van der Waals surface area contributed by atoms with Crippen molar-refractivity contribution in [3.05, 3.63) is 83.4 Å². The van der Waals surface area contributed by atoms with Gasteiger partial charge >= 0.3 is 0 Å². The molecule has 0 radical (unpaired) electrons. The number of pyridine rings is 1. The minimum absolute atomic E-state index is 0.00397. The average Bonchev–Trinajstić information content (AvgIpc) is 3.78. The van der Waals surface area contributed by atoms with E-state index in [0.29, 0.717) is 23.3 Å². The van der Waals surface area contributed by atoms with Gasteiger partial charge in [-0.15, -0.1) is 0 Å². The molecular weight excluding hydrogens is 446 g/mol. The zero-order chi connectivity index (χ0) is 23.1. The number of anilines is 1. The van der Waals surface area contributed by atoms with E-state index < -0.39 is 0 Å². The molecule has 170 valence electrons. The van der Waals surface area contributed by atoms with E-state index >= 15 is 0 Å². The molecule has 4 aromatic rings. The Morgan fingerprint density at radius 1 is 0.971 bits per heavy atom. The molecule has 0 saturated heterocycles. The van der Waals surface area contributed by atoms with Crippen LogP contribution in [0.4, 0.5) is 5.82 Å². The molecular formula is C27H24ClN5O. The molecule has 6 nitrogen and oxygen atoms in total. The highest BCUT2D eigenvalue weighted by molar-refractivity contribution is 6.29. The van der Waals surface area contributed by atoms with Crippen molar-refractivity contribution < 1.29 is 4.79 Å². The lowest BCUT2D eigenvalue weighted by atomic mass is 10.0. The average molecular weight is 470 g/mol. The standard InChI is InChI=1S/C27H24ClN5O/c28-25-11-5-20(14-29-25)27(34)33(22-8-9-22)15-17-2-1-3-18(12-17)19-4-10-24-23(13-19)26(31-16-30-24)32-21-6-7-21/h1-5,10-14,16,21-22H,6-9,15H2,(H,30,31,32). The number of rotatable bonds is 7. The van der Waals surface area contributed by atoms with Crippen molar-refractivity contribution >= 4 is 34.2 Å². The summed E-state index contributed by atoms with van der Waals surface area (Å²) in [5.41, 5.74) is 4.81. The summed E-state index contributed by atoms with van der Waals surface area (Å²) in [5.74, 6) is 0.892. The highest BCUT2D eigenvalue weighted by Crippen LogP contribution is 2.33. The van der Waals surface area contributed by atoms with Crippen molar-refractivity contribution in [3.8, 4) is 11.1 Å². The second-order valence-corrected chi connectivity index (χ2v) is 9.49. The summed E-state index contributed by atoms with van der Waals surface area (Å²) in [7, 11) is 0. The molecule has 0 unspecified atom stereocenters. The van der Waals surface area contributed by atoms with Crippen molar-refractivity contribution in [3.63, 3.8) is 0 Å². The minimum atomic E-state index is -0.00397. The van der Waals surface area contributed by atoms with Gasteiger partial charge in [0.2, 0.25) is 0 Å². The van der Waals surface area contributed by atoms with Gasteiger partial charge in [-0.2, -0.15) is 0 Å². The van der Waals surface area contributed by atoms with E-state index in [0.717, 1.165) is 46.3 Å². The quantitative estimate of drug-likeness (QED) is 0.350. The number of benzene rings is 2. The zero-order valence-corrected chi connectivity index (χ0v) is 19.4. The largest absolute Gasteiger partial charge is 0.367 e. The van der Waals surface area contributed by atoms with Gasteiger partial charge in [-0.05, 0) is 72.7 Å². The first-order valence-corrected chi connectivity index (χ1v) is 12.0. The number of hydrogen-bond donors (Lipinski definition) is 1. The monoisotopic (exact) mass is 469 g/mol. The van der Waals surface area contributed by atoms with E-state index in [2.05, 4.69) is 56.7 Å². The van der Waals surface area contributed by atoms with E-state index in [4.69, 9.17) is 11.6 Å². The highest BCUT2D eigenvalue weighted by atomic mass is 35.5. The van der Waals surface area contributed by atoms with E-state index in [1.807, 2.05) is 11.0 Å². The Labute approximate surface area is 203 Å². The molecule has 0 bridgehead atoms. The third-order valence-corrected chi connectivity index (χ3v) is 6.61. The number of carbonyl (C=O) groups excluding carboxylic acids is 1. The Morgan fingerprint density at radius 2 is 1.82 bits per heavy atom. The summed E-state index contributed by atoms with van der Waals surface area (Å²) in [6.07, 6.45) is 7.63. The molecule has 2 aliphatic rings. The molecule has 7 heteroatoms. The Kier molecular flexibility index (Phi) is 5.38. The third-order valence-electron chi connectivity index (χ3n) is 6.39. The normalized spacial score (nSPS) is 15.3. The Balaban J connectivity index is 1.28. The van der Waals surface area contributed by atoms with Crippen LogP contribution in [0.3, 0.4) is 0 Å². The van der Waals surface area contributed by atoms with Crippen LogP contribution in [-0.2, 0) is 6.54 Å². The van der Waals surface area contributed by atoms with Crippen LogP contribution in [0, 0.1) is 0 Å². The van der Waals surface area contributed by atoms with Gasteiger partial charge in [0.1, 0.15) is 17.3 Å². The molecule has 2 aromatic carbocycles. The number of fused-ring (bicyclic) bond motifs is 1. The van der Waals surface area contributed by atoms with Crippen LogP contribution in [0.15, 0.2) is 67.1 Å². The van der Waals surface area contributed by atoms with Gasteiger partial charge in [-0.3, -0.25) is 4.79 Å². The smallest absolute Gasteiger partial charge is 0.255 e. The molecule has 0 spiro atoms. The molecule has 1 N–H and O–H groups in total. The van der Waals surface area contributed by atoms with Crippen molar-refractivity contribution in [2.24, 2.45) is 0 Å². The van der Waals surface area contributed by atoms with E-state index in [1.165, 1.54) is 12.8 Å². The summed E-state index contributed by atoms with van der Waals surface area (Å²) in [4.78, 5) is 28.1.